The van der Waals surface area contributed by atoms with Crippen LogP contribution in [0.4, 0.5) is 17.6 Å². The van der Waals surface area contributed by atoms with Crippen molar-refractivity contribution in [3.8, 4) is 0 Å². The molecule has 1 heterocycles. The highest BCUT2D eigenvalue weighted by atomic mass is 19.3. The molecule has 1 N–H and O–H groups in total. The first kappa shape index (κ1) is 15.7. The van der Waals surface area contributed by atoms with Crippen LogP contribution in [0.2, 0.25) is 0 Å². The molecule has 18 heavy (non-hydrogen) atoms. The van der Waals surface area contributed by atoms with Gasteiger partial charge in [0.05, 0.1) is 18.8 Å². The molecular formula is C11H18F4O3. The molecule has 2 unspecified atom stereocenters. The first-order chi connectivity index (χ1) is 8.42. The Balaban J connectivity index is 2.07. The fourth-order valence-corrected chi connectivity index (χ4v) is 1.73. The number of ether oxygens (including phenoxy) is 2. The quantitative estimate of drug-likeness (QED) is 0.690. The van der Waals surface area contributed by atoms with E-state index in [2.05, 4.69) is 4.74 Å². The maximum absolute atomic E-state index is 12.5. The van der Waals surface area contributed by atoms with Gasteiger partial charge in [-0.1, -0.05) is 0 Å². The van der Waals surface area contributed by atoms with E-state index >= 15 is 0 Å². The van der Waals surface area contributed by atoms with Gasteiger partial charge in [0, 0.05) is 6.61 Å². The minimum Gasteiger partial charge on any atom is -0.391 e. The Morgan fingerprint density at radius 3 is 2.67 bits per heavy atom. The van der Waals surface area contributed by atoms with Crippen LogP contribution in [0, 0.1) is 0 Å². The number of aliphatic hydroxyl groups is 1. The zero-order chi connectivity index (χ0) is 13.6. The van der Waals surface area contributed by atoms with Gasteiger partial charge in [-0.2, -0.15) is 8.78 Å². The molecule has 108 valence electrons. The van der Waals surface area contributed by atoms with Gasteiger partial charge in [0.25, 0.3) is 0 Å². The molecule has 0 amide bonds. The predicted molar refractivity (Wildman–Crippen MR) is 56.0 cm³/mol. The molecule has 3 nitrogen and oxygen atoms in total. The number of rotatable bonds is 8. The number of aliphatic hydroxyl groups excluding tert-OH is 1. The van der Waals surface area contributed by atoms with Crippen molar-refractivity contribution >= 4 is 0 Å². The summed E-state index contributed by atoms with van der Waals surface area (Å²) in [6.45, 7) is -1.03. The SMILES string of the molecule is OC(CCC1CCCO1)COCC(F)(F)C(F)F. The molecule has 1 aliphatic heterocycles. The van der Waals surface area contributed by atoms with Crippen molar-refractivity contribution in [3.05, 3.63) is 0 Å². The van der Waals surface area contributed by atoms with Gasteiger partial charge in [0.1, 0.15) is 6.61 Å². The number of alkyl halides is 4. The van der Waals surface area contributed by atoms with Crippen LogP contribution in [0.25, 0.3) is 0 Å². The lowest BCUT2D eigenvalue weighted by atomic mass is 10.1. The Morgan fingerprint density at radius 1 is 1.39 bits per heavy atom. The Hall–Kier alpha value is -0.400. The van der Waals surface area contributed by atoms with E-state index in [-0.39, 0.29) is 12.7 Å². The van der Waals surface area contributed by atoms with Crippen LogP contribution >= 0.6 is 0 Å². The molecule has 0 saturated carbocycles. The summed E-state index contributed by atoms with van der Waals surface area (Å²) in [6.07, 6.45) is -1.69. The monoisotopic (exact) mass is 274 g/mol. The third-order valence-corrected chi connectivity index (χ3v) is 2.77. The van der Waals surface area contributed by atoms with Gasteiger partial charge < -0.3 is 14.6 Å². The van der Waals surface area contributed by atoms with E-state index in [1.807, 2.05) is 0 Å². The van der Waals surface area contributed by atoms with Crippen LogP contribution in [0.1, 0.15) is 25.7 Å². The summed E-state index contributed by atoms with van der Waals surface area (Å²) >= 11 is 0. The highest BCUT2D eigenvalue weighted by molar-refractivity contribution is 4.70. The van der Waals surface area contributed by atoms with Gasteiger partial charge in [-0.25, -0.2) is 8.78 Å². The third-order valence-electron chi connectivity index (χ3n) is 2.77. The molecule has 2 atom stereocenters. The molecule has 1 fully saturated rings. The fraction of sp³-hybridized carbons (Fsp3) is 1.00. The average molecular weight is 274 g/mol. The van der Waals surface area contributed by atoms with Crippen LogP contribution in [0.3, 0.4) is 0 Å². The normalized spacial score (nSPS) is 22.7. The maximum Gasteiger partial charge on any atom is 0.330 e. The highest BCUT2D eigenvalue weighted by Gasteiger charge is 2.41. The van der Waals surface area contributed by atoms with Gasteiger partial charge in [0.15, 0.2) is 0 Å². The van der Waals surface area contributed by atoms with Crippen molar-refractivity contribution in [2.45, 2.75) is 50.2 Å². The topological polar surface area (TPSA) is 38.7 Å². The van der Waals surface area contributed by atoms with Gasteiger partial charge >= 0.3 is 12.3 Å². The smallest absolute Gasteiger partial charge is 0.330 e. The molecule has 7 heteroatoms. The Bertz CT molecular complexity index is 232. The Labute approximate surface area is 103 Å². The fourth-order valence-electron chi connectivity index (χ4n) is 1.73. The zero-order valence-electron chi connectivity index (χ0n) is 9.96. The van der Waals surface area contributed by atoms with Gasteiger partial charge in [-0.3, -0.25) is 0 Å². The third kappa shape index (κ3) is 5.49. The zero-order valence-corrected chi connectivity index (χ0v) is 9.96. The first-order valence-corrected chi connectivity index (χ1v) is 5.95. The van der Waals surface area contributed by atoms with Gasteiger partial charge in [0.2, 0.25) is 0 Å². The van der Waals surface area contributed by atoms with Crippen molar-refractivity contribution in [3.63, 3.8) is 0 Å². The van der Waals surface area contributed by atoms with Crippen molar-refractivity contribution in [1.29, 1.82) is 0 Å². The predicted octanol–water partition coefficient (Wildman–Crippen LogP) is 2.22. The molecular weight excluding hydrogens is 256 g/mol. The van der Waals surface area contributed by atoms with E-state index in [4.69, 9.17) is 4.74 Å². The van der Waals surface area contributed by atoms with Crippen LogP contribution in [0.5, 0.6) is 0 Å². The summed E-state index contributed by atoms with van der Waals surface area (Å²) < 4.78 is 58.2. The molecule has 0 aromatic heterocycles. The molecule has 0 aromatic carbocycles. The lowest BCUT2D eigenvalue weighted by molar-refractivity contribution is -0.170. The highest BCUT2D eigenvalue weighted by Crippen LogP contribution is 2.23. The van der Waals surface area contributed by atoms with E-state index in [0.29, 0.717) is 19.4 Å². The molecule has 0 aliphatic carbocycles. The largest absolute Gasteiger partial charge is 0.391 e. The van der Waals surface area contributed by atoms with E-state index in [1.54, 1.807) is 0 Å². The molecule has 0 aromatic rings. The summed E-state index contributed by atoms with van der Waals surface area (Å²) in [5, 5.41) is 9.43. The lowest BCUT2D eigenvalue weighted by Crippen LogP contribution is -2.33. The van der Waals surface area contributed by atoms with E-state index in [1.165, 1.54) is 0 Å². The molecule has 0 radical (unpaired) electrons. The lowest BCUT2D eigenvalue weighted by Gasteiger charge is -2.17. The van der Waals surface area contributed by atoms with E-state index in [9.17, 15) is 22.7 Å². The van der Waals surface area contributed by atoms with Crippen LogP contribution in [-0.2, 0) is 9.47 Å². The second-order valence-electron chi connectivity index (χ2n) is 4.44. The van der Waals surface area contributed by atoms with Crippen LogP contribution in [-0.4, -0.2) is 49.5 Å². The summed E-state index contributed by atoms with van der Waals surface area (Å²) in [6, 6.07) is 0. The molecule has 1 rings (SSSR count). The number of hydrogen-bond donors (Lipinski definition) is 1. The number of hydrogen-bond acceptors (Lipinski definition) is 3. The van der Waals surface area contributed by atoms with Crippen LogP contribution < -0.4 is 0 Å². The first-order valence-electron chi connectivity index (χ1n) is 5.95. The summed E-state index contributed by atoms with van der Waals surface area (Å²) in [4.78, 5) is 0. The maximum atomic E-state index is 12.5. The Morgan fingerprint density at radius 2 is 2.11 bits per heavy atom. The van der Waals surface area contributed by atoms with E-state index in [0.717, 1.165) is 12.8 Å². The minimum atomic E-state index is -4.16. The van der Waals surface area contributed by atoms with Crippen molar-refractivity contribution < 1.29 is 32.1 Å². The Kier molecular flexibility index (Phi) is 6.31. The van der Waals surface area contributed by atoms with Crippen molar-refractivity contribution in [1.82, 2.24) is 0 Å². The van der Waals surface area contributed by atoms with E-state index < -0.39 is 25.1 Å². The average Bonchev–Trinajstić information content (AvgIpc) is 2.78. The van der Waals surface area contributed by atoms with Gasteiger partial charge in [-0.05, 0) is 25.7 Å². The summed E-state index contributed by atoms with van der Waals surface area (Å²) in [5.74, 6) is -4.16. The standard InChI is InChI=1S/C11H18F4O3/c12-10(13)11(14,15)7-17-6-8(16)3-4-9-2-1-5-18-9/h8-10,16H,1-7H2. The molecule has 0 spiro atoms. The van der Waals surface area contributed by atoms with Gasteiger partial charge in [-0.15, -0.1) is 0 Å². The summed E-state index contributed by atoms with van der Waals surface area (Å²) in [7, 11) is 0. The number of halogens is 4. The second-order valence-corrected chi connectivity index (χ2v) is 4.44. The van der Waals surface area contributed by atoms with Crippen molar-refractivity contribution in [2.75, 3.05) is 19.8 Å². The van der Waals surface area contributed by atoms with Crippen molar-refractivity contribution in [2.24, 2.45) is 0 Å². The minimum absolute atomic E-state index is 0.0992. The molecule has 1 saturated heterocycles. The second kappa shape index (κ2) is 7.25. The molecule has 1 aliphatic rings. The molecule has 0 bridgehead atoms. The van der Waals surface area contributed by atoms with Crippen LogP contribution in [0.15, 0.2) is 0 Å². The summed E-state index contributed by atoms with van der Waals surface area (Å²) in [5.41, 5.74) is 0.